The van der Waals surface area contributed by atoms with Crippen LogP contribution in [-0.2, 0) is 16.8 Å². The van der Waals surface area contributed by atoms with E-state index in [2.05, 4.69) is 28.1 Å². The highest BCUT2D eigenvalue weighted by Gasteiger charge is 2.50. The molecular formula is C27H31N5O3. The molecule has 0 saturated heterocycles. The minimum Gasteiger partial charge on any atom is -0.422 e. The van der Waals surface area contributed by atoms with Crippen LogP contribution in [0.2, 0.25) is 0 Å². The van der Waals surface area contributed by atoms with Crippen molar-refractivity contribution in [2.75, 3.05) is 14.1 Å². The van der Waals surface area contributed by atoms with Gasteiger partial charge in [-0.15, -0.1) is 0 Å². The molecule has 1 unspecified atom stereocenters. The number of aliphatic hydroxyl groups is 1. The first-order valence-electron chi connectivity index (χ1n) is 11.7. The van der Waals surface area contributed by atoms with Crippen LogP contribution in [0.3, 0.4) is 0 Å². The van der Waals surface area contributed by atoms with E-state index in [0.29, 0.717) is 22.7 Å². The van der Waals surface area contributed by atoms with E-state index in [9.17, 15) is 15.2 Å². The van der Waals surface area contributed by atoms with Crippen LogP contribution in [0.5, 0.6) is 5.88 Å². The number of hydrogen-bond acceptors (Lipinski definition) is 6. The fourth-order valence-corrected chi connectivity index (χ4v) is 5.34. The largest absolute Gasteiger partial charge is 0.422 e. The third-order valence-corrected chi connectivity index (χ3v) is 7.12. The second-order valence-electron chi connectivity index (χ2n) is 9.87. The van der Waals surface area contributed by atoms with Gasteiger partial charge < -0.3 is 20.5 Å². The maximum Gasteiger partial charge on any atom is 0.225 e. The number of amides is 1. The molecule has 8 nitrogen and oxygen atoms in total. The Labute approximate surface area is 205 Å². The van der Waals surface area contributed by atoms with Crippen LogP contribution in [-0.4, -0.2) is 40.2 Å². The molecule has 1 saturated carbocycles. The Morgan fingerprint density at radius 2 is 2.09 bits per heavy atom. The van der Waals surface area contributed by atoms with E-state index in [1.54, 1.807) is 19.0 Å². The van der Waals surface area contributed by atoms with Gasteiger partial charge in [-0.3, -0.25) is 4.79 Å². The van der Waals surface area contributed by atoms with Gasteiger partial charge in [0.05, 0.1) is 23.3 Å². The summed E-state index contributed by atoms with van der Waals surface area (Å²) < 4.78 is 5.73. The van der Waals surface area contributed by atoms with E-state index >= 15 is 0 Å². The molecule has 0 bridgehead atoms. The summed E-state index contributed by atoms with van der Waals surface area (Å²) in [5, 5.41) is 27.4. The van der Waals surface area contributed by atoms with Gasteiger partial charge in [0.1, 0.15) is 11.6 Å². The van der Waals surface area contributed by atoms with E-state index in [4.69, 9.17) is 10.5 Å². The summed E-state index contributed by atoms with van der Waals surface area (Å²) in [6.07, 6.45) is 1.50. The molecule has 0 spiro atoms. The highest BCUT2D eigenvalue weighted by atomic mass is 16.5. The fraction of sp³-hybridized carbons (Fsp3) is 0.444. The number of ether oxygens (including phenoxy) is 1. The molecular weight excluding hydrogens is 442 g/mol. The molecule has 0 radical (unpaired) electrons. The Morgan fingerprint density at radius 1 is 1.37 bits per heavy atom. The molecule has 1 aliphatic heterocycles. The second-order valence-corrected chi connectivity index (χ2v) is 9.87. The molecule has 182 valence electrons. The number of benzene rings is 1. The first-order valence-corrected chi connectivity index (χ1v) is 11.7. The number of carbonyl (C=O) groups is 1. The Balaban J connectivity index is 1.80. The van der Waals surface area contributed by atoms with Crippen molar-refractivity contribution in [1.82, 2.24) is 15.1 Å². The molecule has 4 N–H and O–H groups in total. The molecule has 2 aliphatic rings. The van der Waals surface area contributed by atoms with Crippen LogP contribution in [0.15, 0.2) is 29.7 Å². The van der Waals surface area contributed by atoms with Crippen LogP contribution < -0.4 is 10.5 Å². The smallest absolute Gasteiger partial charge is 0.225 e. The summed E-state index contributed by atoms with van der Waals surface area (Å²) in [6, 6.07) is 7.99. The zero-order valence-corrected chi connectivity index (χ0v) is 20.8. The summed E-state index contributed by atoms with van der Waals surface area (Å²) in [4.78, 5) is 13.8. The molecule has 4 rings (SSSR count). The van der Waals surface area contributed by atoms with Gasteiger partial charge in [-0.2, -0.15) is 10.4 Å². The SMILES string of the molecule is Cc1n[nH]c2c1C(c1cc(C#C[C@H]3C[C@H](C(=O)N(C)C)C3)cc(CO)c1)(C(C)C)C(C#N)=C(N)O2. The first-order chi connectivity index (χ1) is 16.6. The van der Waals surface area contributed by atoms with Crippen molar-refractivity contribution in [2.24, 2.45) is 23.5 Å². The van der Waals surface area contributed by atoms with Crippen LogP contribution in [0.25, 0.3) is 0 Å². The number of aliphatic hydroxyl groups excluding tert-OH is 1. The van der Waals surface area contributed by atoms with Crippen molar-refractivity contribution < 1.29 is 14.6 Å². The van der Waals surface area contributed by atoms with Crippen LogP contribution in [0.4, 0.5) is 0 Å². The molecule has 1 atom stereocenters. The van der Waals surface area contributed by atoms with Crippen molar-refractivity contribution in [2.45, 2.75) is 45.6 Å². The number of aryl methyl sites for hydroxylation is 1. The molecule has 2 aromatic rings. The molecule has 1 aromatic carbocycles. The maximum atomic E-state index is 12.1. The summed E-state index contributed by atoms with van der Waals surface area (Å²) in [7, 11) is 3.54. The monoisotopic (exact) mass is 473 g/mol. The number of carbonyl (C=O) groups excluding carboxylic acids is 1. The Hall–Kier alpha value is -3.75. The molecule has 1 aromatic heterocycles. The van der Waals surface area contributed by atoms with Gasteiger partial charge in [0, 0.05) is 31.5 Å². The third kappa shape index (κ3) is 3.94. The second kappa shape index (κ2) is 9.13. The van der Waals surface area contributed by atoms with Gasteiger partial charge in [0.15, 0.2) is 0 Å². The number of aromatic amines is 1. The topological polar surface area (TPSA) is 128 Å². The van der Waals surface area contributed by atoms with Crippen molar-refractivity contribution in [3.8, 4) is 23.8 Å². The van der Waals surface area contributed by atoms with Gasteiger partial charge in [-0.05, 0) is 48.9 Å². The summed E-state index contributed by atoms with van der Waals surface area (Å²) in [5.41, 5.74) is 9.31. The summed E-state index contributed by atoms with van der Waals surface area (Å²) in [5.74, 6) is 7.24. The number of hydrogen-bond donors (Lipinski definition) is 3. The lowest BCUT2D eigenvalue weighted by atomic mass is 9.61. The Morgan fingerprint density at radius 3 is 2.69 bits per heavy atom. The van der Waals surface area contributed by atoms with Crippen molar-refractivity contribution in [3.05, 3.63) is 57.6 Å². The highest BCUT2D eigenvalue weighted by Crippen LogP contribution is 2.52. The van der Waals surface area contributed by atoms with Crippen molar-refractivity contribution in [3.63, 3.8) is 0 Å². The minimum atomic E-state index is -0.926. The number of allylic oxidation sites excluding steroid dienone is 1. The van der Waals surface area contributed by atoms with Gasteiger partial charge >= 0.3 is 0 Å². The van der Waals surface area contributed by atoms with Crippen LogP contribution in [0, 0.1) is 47.8 Å². The zero-order valence-electron chi connectivity index (χ0n) is 20.8. The lowest BCUT2D eigenvalue weighted by Gasteiger charge is -2.41. The molecule has 35 heavy (non-hydrogen) atoms. The van der Waals surface area contributed by atoms with E-state index in [1.807, 2.05) is 39.0 Å². The van der Waals surface area contributed by atoms with Crippen molar-refractivity contribution in [1.29, 1.82) is 5.26 Å². The average molecular weight is 474 g/mol. The van der Waals surface area contributed by atoms with Gasteiger partial charge in [0.2, 0.25) is 17.7 Å². The molecule has 8 heteroatoms. The number of nitrogens with one attached hydrogen (secondary N) is 1. The Bertz CT molecular complexity index is 1300. The average Bonchev–Trinajstić information content (AvgIpc) is 3.16. The summed E-state index contributed by atoms with van der Waals surface area (Å²) in [6.45, 7) is 5.75. The van der Waals surface area contributed by atoms with E-state index < -0.39 is 5.41 Å². The van der Waals surface area contributed by atoms with E-state index in [0.717, 1.165) is 29.5 Å². The minimum absolute atomic E-state index is 0.0314. The number of aromatic nitrogens is 2. The maximum absolute atomic E-state index is 12.1. The quantitative estimate of drug-likeness (QED) is 0.586. The molecule has 1 aliphatic carbocycles. The number of rotatable bonds is 4. The molecule has 1 fully saturated rings. The van der Waals surface area contributed by atoms with Crippen LogP contribution >= 0.6 is 0 Å². The molecule has 2 heterocycles. The Kier molecular flexibility index (Phi) is 6.36. The van der Waals surface area contributed by atoms with Crippen LogP contribution in [0.1, 0.15) is 54.6 Å². The number of fused-ring (bicyclic) bond motifs is 1. The van der Waals surface area contributed by atoms with E-state index in [-0.39, 0.29) is 36.2 Å². The number of nitriles is 1. The van der Waals surface area contributed by atoms with E-state index in [1.165, 1.54) is 0 Å². The predicted octanol–water partition coefficient (Wildman–Crippen LogP) is 2.70. The van der Waals surface area contributed by atoms with Crippen molar-refractivity contribution >= 4 is 5.91 Å². The third-order valence-electron chi connectivity index (χ3n) is 7.12. The number of nitrogens with two attached hydrogens (primary N) is 1. The zero-order chi connectivity index (χ0) is 25.5. The normalized spacial score (nSPS) is 22.9. The standard InChI is InChI=1S/C27H31N5O3/c1-15(2)27(22(13-28)24(29)35-25-23(27)16(3)30-31-25)21-11-17(8-19(12-21)14-33)6-7-18-9-20(10-18)26(34)32(4)5/h8,11-12,15,18,20,33H,9-10,14,29H2,1-5H3,(H,30,31)/t18-,20-,27?. The lowest BCUT2D eigenvalue weighted by molar-refractivity contribution is -0.136. The molecule has 1 amide bonds. The highest BCUT2D eigenvalue weighted by molar-refractivity contribution is 5.79. The summed E-state index contributed by atoms with van der Waals surface area (Å²) >= 11 is 0. The lowest BCUT2D eigenvalue weighted by Crippen LogP contribution is -2.41. The first kappa shape index (κ1) is 24.4. The van der Waals surface area contributed by atoms with Gasteiger partial charge in [-0.25, -0.2) is 5.10 Å². The number of H-pyrrole nitrogens is 1. The van der Waals surface area contributed by atoms with Gasteiger partial charge in [-0.1, -0.05) is 31.8 Å². The van der Waals surface area contributed by atoms with Gasteiger partial charge in [0.25, 0.3) is 0 Å². The predicted molar refractivity (Wildman–Crippen MR) is 131 cm³/mol. The number of nitrogens with zero attached hydrogens (tertiary/aromatic N) is 3. The fourth-order valence-electron chi connectivity index (χ4n) is 5.34.